The summed E-state index contributed by atoms with van der Waals surface area (Å²) >= 11 is 0. The lowest BCUT2D eigenvalue weighted by Crippen LogP contribution is -2.48. The second-order valence-corrected chi connectivity index (χ2v) is 7.89. The number of carbonyl (C=O) groups excluding carboxylic acids is 1. The fourth-order valence-electron chi connectivity index (χ4n) is 3.57. The van der Waals surface area contributed by atoms with Gasteiger partial charge in [-0.25, -0.2) is 0 Å². The standard InChI is InChI=1S/C22H28N6O3/c1-3-4-18-23-19(30-25-18)9-10-21(29)28-13-11-27(12-14-28)15-20-24-22(26-31-20)17-7-5-16(2)6-8-17/h5-8H,3-4,9-15H2,1-2H3. The predicted molar refractivity (Wildman–Crippen MR) is 113 cm³/mol. The molecule has 2 aromatic heterocycles. The number of rotatable bonds is 8. The van der Waals surface area contributed by atoms with Crippen molar-refractivity contribution in [3.63, 3.8) is 0 Å². The van der Waals surface area contributed by atoms with Crippen LogP contribution in [0.4, 0.5) is 0 Å². The molecule has 0 unspecified atom stereocenters. The molecule has 1 aliphatic heterocycles. The highest BCUT2D eigenvalue weighted by Gasteiger charge is 2.23. The lowest BCUT2D eigenvalue weighted by molar-refractivity contribution is -0.133. The molecule has 1 aliphatic rings. The SMILES string of the molecule is CCCc1noc(CCC(=O)N2CCN(Cc3nc(-c4ccc(C)cc4)no3)CC2)n1. The van der Waals surface area contributed by atoms with Crippen molar-refractivity contribution in [2.24, 2.45) is 0 Å². The van der Waals surface area contributed by atoms with Crippen LogP contribution < -0.4 is 0 Å². The van der Waals surface area contributed by atoms with Gasteiger partial charge in [0.05, 0.1) is 6.54 Å². The first-order valence-corrected chi connectivity index (χ1v) is 10.8. The Morgan fingerprint density at radius 1 is 0.968 bits per heavy atom. The van der Waals surface area contributed by atoms with E-state index in [2.05, 4.69) is 32.1 Å². The highest BCUT2D eigenvalue weighted by molar-refractivity contribution is 5.76. The van der Waals surface area contributed by atoms with Gasteiger partial charge in [0.25, 0.3) is 0 Å². The van der Waals surface area contributed by atoms with Crippen LogP contribution in [0.5, 0.6) is 0 Å². The average molecular weight is 425 g/mol. The lowest BCUT2D eigenvalue weighted by atomic mass is 10.1. The number of carbonyl (C=O) groups is 1. The van der Waals surface area contributed by atoms with Crippen LogP contribution in [0.1, 0.15) is 42.9 Å². The van der Waals surface area contributed by atoms with Crippen molar-refractivity contribution in [3.8, 4) is 11.4 Å². The maximum absolute atomic E-state index is 12.5. The third kappa shape index (κ3) is 5.55. The minimum Gasteiger partial charge on any atom is -0.340 e. The van der Waals surface area contributed by atoms with Gasteiger partial charge in [-0.2, -0.15) is 9.97 Å². The summed E-state index contributed by atoms with van der Waals surface area (Å²) in [5, 5.41) is 8.03. The van der Waals surface area contributed by atoms with Gasteiger partial charge in [-0.1, -0.05) is 47.1 Å². The van der Waals surface area contributed by atoms with E-state index >= 15 is 0 Å². The van der Waals surface area contributed by atoms with E-state index in [0.29, 0.717) is 55.9 Å². The van der Waals surface area contributed by atoms with Crippen LogP contribution in [0.25, 0.3) is 11.4 Å². The highest BCUT2D eigenvalue weighted by atomic mass is 16.5. The number of benzene rings is 1. The Morgan fingerprint density at radius 3 is 2.45 bits per heavy atom. The zero-order valence-electron chi connectivity index (χ0n) is 18.1. The van der Waals surface area contributed by atoms with Crippen molar-refractivity contribution >= 4 is 5.91 Å². The van der Waals surface area contributed by atoms with E-state index in [9.17, 15) is 4.79 Å². The molecule has 9 nitrogen and oxygen atoms in total. The predicted octanol–water partition coefficient (Wildman–Crippen LogP) is 2.66. The van der Waals surface area contributed by atoms with Crippen LogP contribution in [0.2, 0.25) is 0 Å². The van der Waals surface area contributed by atoms with Gasteiger partial charge >= 0.3 is 0 Å². The molecule has 0 N–H and O–H groups in total. The minimum atomic E-state index is 0.120. The number of piperazine rings is 1. The van der Waals surface area contributed by atoms with E-state index in [4.69, 9.17) is 9.05 Å². The van der Waals surface area contributed by atoms with Gasteiger partial charge in [0, 0.05) is 51.0 Å². The molecule has 3 heterocycles. The lowest BCUT2D eigenvalue weighted by Gasteiger charge is -2.33. The second kappa shape index (κ2) is 9.82. The number of amides is 1. The van der Waals surface area contributed by atoms with Crippen LogP contribution in [0.3, 0.4) is 0 Å². The first-order chi connectivity index (χ1) is 15.1. The van der Waals surface area contributed by atoms with Crippen molar-refractivity contribution in [1.29, 1.82) is 0 Å². The molecule has 0 aliphatic carbocycles. The number of hydrogen-bond donors (Lipinski definition) is 0. The highest BCUT2D eigenvalue weighted by Crippen LogP contribution is 2.17. The van der Waals surface area contributed by atoms with Gasteiger partial charge in [-0.3, -0.25) is 9.69 Å². The Morgan fingerprint density at radius 2 is 1.71 bits per heavy atom. The Balaban J connectivity index is 1.22. The Hall–Kier alpha value is -3.07. The molecule has 31 heavy (non-hydrogen) atoms. The molecule has 0 spiro atoms. The van der Waals surface area contributed by atoms with Crippen molar-refractivity contribution in [1.82, 2.24) is 30.1 Å². The number of aromatic nitrogens is 4. The van der Waals surface area contributed by atoms with Crippen molar-refractivity contribution in [2.45, 2.75) is 46.1 Å². The van der Waals surface area contributed by atoms with Crippen LogP contribution in [-0.2, 0) is 24.2 Å². The molecule has 1 amide bonds. The van der Waals surface area contributed by atoms with E-state index < -0.39 is 0 Å². The molecule has 9 heteroatoms. The molecule has 1 fully saturated rings. The smallest absolute Gasteiger partial charge is 0.241 e. The average Bonchev–Trinajstić information content (AvgIpc) is 3.43. The first-order valence-electron chi connectivity index (χ1n) is 10.8. The molecule has 0 radical (unpaired) electrons. The zero-order valence-corrected chi connectivity index (χ0v) is 18.1. The van der Waals surface area contributed by atoms with E-state index in [1.807, 2.05) is 36.1 Å². The monoisotopic (exact) mass is 424 g/mol. The van der Waals surface area contributed by atoms with Crippen LogP contribution in [-0.4, -0.2) is 62.2 Å². The Labute approximate surface area is 181 Å². The van der Waals surface area contributed by atoms with Gasteiger partial charge in [-0.05, 0) is 13.3 Å². The zero-order chi connectivity index (χ0) is 21.6. The van der Waals surface area contributed by atoms with Crippen LogP contribution in [0.15, 0.2) is 33.3 Å². The Kier molecular flexibility index (Phi) is 6.71. The molecule has 4 rings (SSSR count). The van der Waals surface area contributed by atoms with Gasteiger partial charge in [0.1, 0.15) is 0 Å². The number of hydrogen-bond acceptors (Lipinski definition) is 8. The summed E-state index contributed by atoms with van der Waals surface area (Å²) in [6.07, 6.45) is 2.64. The summed E-state index contributed by atoms with van der Waals surface area (Å²) in [7, 11) is 0. The minimum absolute atomic E-state index is 0.120. The summed E-state index contributed by atoms with van der Waals surface area (Å²) in [6.45, 7) is 7.61. The van der Waals surface area contributed by atoms with E-state index in [1.165, 1.54) is 5.56 Å². The molecule has 0 atom stereocenters. The summed E-state index contributed by atoms with van der Waals surface area (Å²) < 4.78 is 10.6. The topological polar surface area (TPSA) is 101 Å². The van der Waals surface area contributed by atoms with E-state index in [1.54, 1.807) is 0 Å². The maximum Gasteiger partial charge on any atom is 0.241 e. The van der Waals surface area contributed by atoms with Gasteiger partial charge in [-0.15, -0.1) is 0 Å². The third-order valence-corrected chi connectivity index (χ3v) is 5.40. The fourth-order valence-corrected chi connectivity index (χ4v) is 3.57. The second-order valence-electron chi connectivity index (χ2n) is 7.89. The molecule has 3 aromatic rings. The van der Waals surface area contributed by atoms with E-state index in [0.717, 1.165) is 31.5 Å². The third-order valence-electron chi connectivity index (χ3n) is 5.40. The van der Waals surface area contributed by atoms with Gasteiger partial charge in [0.2, 0.25) is 23.5 Å². The molecule has 1 saturated heterocycles. The molecular weight excluding hydrogens is 396 g/mol. The van der Waals surface area contributed by atoms with Crippen molar-refractivity contribution in [3.05, 3.63) is 47.4 Å². The summed E-state index contributed by atoms with van der Waals surface area (Å²) in [5.41, 5.74) is 2.14. The molecule has 0 bridgehead atoms. The molecular formula is C22H28N6O3. The number of nitrogens with zero attached hydrogens (tertiary/aromatic N) is 6. The molecule has 1 aromatic carbocycles. The van der Waals surface area contributed by atoms with Crippen LogP contribution in [0, 0.1) is 6.92 Å². The summed E-state index contributed by atoms with van der Waals surface area (Å²) in [4.78, 5) is 25.5. The molecule has 164 valence electrons. The summed E-state index contributed by atoms with van der Waals surface area (Å²) in [6, 6.07) is 8.05. The van der Waals surface area contributed by atoms with Crippen molar-refractivity contribution < 1.29 is 13.8 Å². The summed E-state index contributed by atoms with van der Waals surface area (Å²) in [5.74, 6) is 2.57. The first kappa shape index (κ1) is 21.2. The largest absolute Gasteiger partial charge is 0.340 e. The quantitative estimate of drug-likeness (QED) is 0.544. The fraction of sp³-hybridized carbons (Fsp3) is 0.500. The maximum atomic E-state index is 12.5. The normalized spacial score (nSPS) is 14.8. The van der Waals surface area contributed by atoms with E-state index in [-0.39, 0.29) is 5.91 Å². The Bertz CT molecular complexity index is 989. The van der Waals surface area contributed by atoms with Crippen LogP contribution >= 0.6 is 0 Å². The van der Waals surface area contributed by atoms with Gasteiger partial charge in [0.15, 0.2) is 5.82 Å². The number of aryl methyl sites for hydroxylation is 3. The molecule has 0 saturated carbocycles. The van der Waals surface area contributed by atoms with Crippen molar-refractivity contribution in [2.75, 3.05) is 26.2 Å². The van der Waals surface area contributed by atoms with Gasteiger partial charge < -0.3 is 13.9 Å².